The van der Waals surface area contributed by atoms with Gasteiger partial charge >= 0.3 is 5.97 Å². The maximum absolute atomic E-state index is 12.7. The highest BCUT2D eigenvalue weighted by Gasteiger charge is 2.25. The molecule has 1 unspecified atom stereocenters. The van der Waals surface area contributed by atoms with Crippen LogP contribution in [0.2, 0.25) is 0 Å². The predicted molar refractivity (Wildman–Crippen MR) is 84.0 cm³/mol. The lowest BCUT2D eigenvalue weighted by molar-refractivity contribution is -0.138. The van der Waals surface area contributed by atoms with E-state index in [1.165, 1.54) is 34.6 Å². The van der Waals surface area contributed by atoms with Crippen molar-refractivity contribution in [2.24, 2.45) is 0 Å². The first-order valence-electron chi connectivity index (χ1n) is 7.67. The summed E-state index contributed by atoms with van der Waals surface area (Å²) >= 11 is 1.56. The first-order chi connectivity index (χ1) is 10.0. The average molecular weight is 309 g/mol. The number of carbonyl (C=O) groups excluding carboxylic acids is 1. The Labute approximate surface area is 129 Å². The molecule has 5 heteroatoms. The van der Waals surface area contributed by atoms with Crippen molar-refractivity contribution in [1.29, 1.82) is 0 Å². The predicted octanol–water partition coefficient (Wildman–Crippen LogP) is 3.34. The van der Waals surface area contributed by atoms with Crippen molar-refractivity contribution in [2.75, 3.05) is 6.54 Å². The van der Waals surface area contributed by atoms with Crippen LogP contribution in [0.25, 0.3) is 0 Å². The lowest BCUT2D eigenvalue weighted by atomic mass is 10.1. The maximum atomic E-state index is 12.7. The van der Waals surface area contributed by atoms with Crippen LogP contribution in [0.4, 0.5) is 0 Å². The van der Waals surface area contributed by atoms with E-state index in [1.54, 1.807) is 11.3 Å². The number of amides is 1. The molecule has 1 aliphatic rings. The summed E-state index contributed by atoms with van der Waals surface area (Å²) in [5, 5.41) is 9.03. The fourth-order valence-electron chi connectivity index (χ4n) is 2.71. The Morgan fingerprint density at radius 3 is 2.71 bits per heavy atom. The fourth-order valence-corrected chi connectivity index (χ4v) is 3.92. The third kappa shape index (κ3) is 3.84. The minimum atomic E-state index is -0.957. The topological polar surface area (TPSA) is 57.6 Å². The minimum Gasteiger partial charge on any atom is -0.480 e. The molecular formula is C16H23NO3S. The number of hydrogen-bond acceptors (Lipinski definition) is 3. The van der Waals surface area contributed by atoms with E-state index in [-0.39, 0.29) is 18.5 Å². The number of thiophene rings is 1. The lowest BCUT2D eigenvalue weighted by Gasteiger charge is -2.26. The quantitative estimate of drug-likeness (QED) is 0.849. The van der Waals surface area contributed by atoms with Crippen LogP contribution < -0.4 is 0 Å². The first-order valence-corrected chi connectivity index (χ1v) is 8.49. The number of hydrogen-bond donors (Lipinski definition) is 1. The summed E-state index contributed by atoms with van der Waals surface area (Å²) in [5.74, 6) is -1.09. The van der Waals surface area contributed by atoms with Crippen LogP contribution in [0.1, 0.15) is 59.6 Å². The van der Waals surface area contributed by atoms with Gasteiger partial charge in [-0.1, -0.05) is 13.3 Å². The van der Waals surface area contributed by atoms with Gasteiger partial charge in [-0.25, -0.2) is 0 Å². The Morgan fingerprint density at radius 1 is 1.33 bits per heavy atom. The molecule has 0 radical (unpaired) electrons. The molecule has 4 nitrogen and oxygen atoms in total. The molecule has 0 saturated carbocycles. The third-order valence-electron chi connectivity index (χ3n) is 4.15. The Hall–Kier alpha value is -1.36. The summed E-state index contributed by atoms with van der Waals surface area (Å²) in [7, 11) is 0. The van der Waals surface area contributed by atoms with Crippen LogP contribution in [0.5, 0.6) is 0 Å². The average Bonchev–Trinajstić information content (AvgIpc) is 2.74. The first kappa shape index (κ1) is 16.0. The Balaban J connectivity index is 2.22. The molecular weight excluding hydrogens is 286 g/mol. The van der Waals surface area contributed by atoms with Crippen LogP contribution >= 0.6 is 11.3 Å². The van der Waals surface area contributed by atoms with Crippen LogP contribution in [-0.4, -0.2) is 34.5 Å². The van der Waals surface area contributed by atoms with Crippen molar-refractivity contribution in [3.8, 4) is 0 Å². The molecule has 1 amide bonds. The second-order valence-corrected chi connectivity index (χ2v) is 6.84. The molecule has 0 aromatic carbocycles. The second kappa shape index (κ2) is 7.07. The van der Waals surface area contributed by atoms with E-state index in [0.29, 0.717) is 4.88 Å². The van der Waals surface area contributed by atoms with E-state index in [2.05, 4.69) is 0 Å². The van der Waals surface area contributed by atoms with Crippen molar-refractivity contribution in [1.82, 2.24) is 4.90 Å². The van der Waals surface area contributed by atoms with Gasteiger partial charge in [-0.3, -0.25) is 9.59 Å². The van der Waals surface area contributed by atoms with Crippen molar-refractivity contribution >= 4 is 23.2 Å². The highest BCUT2D eigenvalue weighted by Crippen LogP contribution is 2.30. The Kier molecular flexibility index (Phi) is 5.39. The van der Waals surface area contributed by atoms with Crippen LogP contribution in [0, 0.1) is 0 Å². The van der Waals surface area contributed by atoms with Gasteiger partial charge in [-0.05, 0) is 50.7 Å². The maximum Gasteiger partial charge on any atom is 0.323 e. The summed E-state index contributed by atoms with van der Waals surface area (Å²) < 4.78 is 0. The highest BCUT2D eigenvalue weighted by atomic mass is 32.1. The zero-order chi connectivity index (χ0) is 15.4. The van der Waals surface area contributed by atoms with E-state index in [9.17, 15) is 9.59 Å². The number of fused-ring (bicyclic) bond motifs is 1. The molecule has 1 aromatic heterocycles. The smallest absolute Gasteiger partial charge is 0.323 e. The van der Waals surface area contributed by atoms with Gasteiger partial charge in [0.05, 0.1) is 4.88 Å². The van der Waals surface area contributed by atoms with Gasteiger partial charge in [0.1, 0.15) is 6.54 Å². The summed E-state index contributed by atoms with van der Waals surface area (Å²) in [5.41, 5.74) is 1.29. The number of nitrogens with zero attached hydrogens (tertiary/aromatic N) is 1. The van der Waals surface area contributed by atoms with Gasteiger partial charge < -0.3 is 10.0 Å². The van der Waals surface area contributed by atoms with Gasteiger partial charge in [0.2, 0.25) is 0 Å². The number of carbonyl (C=O) groups is 2. The van der Waals surface area contributed by atoms with Gasteiger partial charge in [0, 0.05) is 10.9 Å². The van der Waals surface area contributed by atoms with Gasteiger partial charge in [-0.15, -0.1) is 11.3 Å². The molecule has 0 spiro atoms. The zero-order valence-corrected chi connectivity index (χ0v) is 13.5. The monoisotopic (exact) mass is 309 g/mol. The van der Waals surface area contributed by atoms with Gasteiger partial charge in [0.25, 0.3) is 5.91 Å². The number of carboxylic acid groups (broad SMARTS) is 1. The van der Waals surface area contributed by atoms with E-state index in [4.69, 9.17) is 5.11 Å². The number of aryl methyl sites for hydroxylation is 2. The highest BCUT2D eigenvalue weighted by molar-refractivity contribution is 7.14. The molecule has 1 heterocycles. The molecule has 1 aliphatic carbocycles. The fraction of sp³-hybridized carbons (Fsp3) is 0.625. The summed E-state index contributed by atoms with van der Waals surface area (Å²) in [6, 6.07) is 1.93. The van der Waals surface area contributed by atoms with Crippen LogP contribution in [-0.2, 0) is 17.6 Å². The van der Waals surface area contributed by atoms with E-state index in [0.717, 1.165) is 19.3 Å². The van der Waals surface area contributed by atoms with Crippen molar-refractivity contribution in [3.05, 3.63) is 21.4 Å². The molecule has 2 rings (SSSR count). The molecule has 0 fully saturated rings. The normalized spacial score (nSPS) is 15.9. The summed E-state index contributed by atoms with van der Waals surface area (Å²) in [4.78, 5) is 27.2. The lowest BCUT2D eigenvalue weighted by Crippen LogP contribution is -2.41. The summed E-state index contributed by atoms with van der Waals surface area (Å²) in [6.07, 6.45) is 6.47. The van der Waals surface area contributed by atoms with Crippen LogP contribution in [0.15, 0.2) is 6.07 Å². The molecule has 0 bridgehead atoms. The second-order valence-electron chi connectivity index (χ2n) is 5.70. The number of rotatable bonds is 5. The third-order valence-corrected chi connectivity index (χ3v) is 5.37. The molecule has 116 valence electrons. The standard InChI is InChI=1S/C16H23NO3S/c1-3-11(2)17(10-15(18)19)16(20)14-9-12-7-5-4-6-8-13(12)21-14/h9,11H,3-8,10H2,1-2H3,(H,18,19). The Bertz CT molecular complexity index is 500. The SMILES string of the molecule is CCC(C)N(CC(=O)O)C(=O)c1cc2c(s1)CCCCC2. The largest absolute Gasteiger partial charge is 0.480 e. The summed E-state index contributed by atoms with van der Waals surface area (Å²) in [6.45, 7) is 3.65. The van der Waals surface area contributed by atoms with E-state index < -0.39 is 5.97 Å². The van der Waals surface area contributed by atoms with Gasteiger partial charge in [-0.2, -0.15) is 0 Å². The number of carboxylic acids is 1. The van der Waals surface area contributed by atoms with Gasteiger partial charge in [0.15, 0.2) is 0 Å². The van der Waals surface area contributed by atoms with Crippen molar-refractivity contribution < 1.29 is 14.7 Å². The molecule has 1 atom stereocenters. The minimum absolute atomic E-state index is 0.0597. The number of aliphatic carboxylic acids is 1. The van der Waals surface area contributed by atoms with Crippen molar-refractivity contribution in [3.63, 3.8) is 0 Å². The van der Waals surface area contributed by atoms with Crippen LogP contribution in [0.3, 0.4) is 0 Å². The molecule has 0 aliphatic heterocycles. The molecule has 0 saturated heterocycles. The molecule has 1 aromatic rings. The van der Waals surface area contributed by atoms with E-state index in [1.807, 2.05) is 19.9 Å². The van der Waals surface area contributed by atoms with E-state index >= 15 is 0 Å². The molecule has 1 N–H and O–H groups in total. The zero-order valence-electron chi connectivity index (χ0n) is 12.7. The molecule has 21 heavy (non-hydrogen) atoms. The Morgan fingerprint density at radius 2 is 2.05 bits per heavy atom. The van der Waals surface area contributed by atoms with Crippen molar-refractivity contribution in [2.45, 2.75) is 58.4 Å².